The number of hydrogen-bond donors (Lipinski definition) is 1. The lowest BCUT2D eigenvalue weighted by Crippen LogP contribution is -2.47. The molecule has 1 unspecified atom stereocenters. The topological polar surface area (TPSA) is 66.5 Å². The average molecular weight is 409 g/mol. The molecule has 0 aromatic heterocycles. The molecule has 2 aromatic rings. The van der Waals surface area contributed by atoms with Crippen molar-refractivity contribution in [3.05, 3.63) is 58.1 Å². The van der Waals surface area contributed by atoms with E-state index in [1.807, 2.05) is 26.8 Å². The van der Waals surface area contributed by atoms with E-state index in [4.69, 9.17) is 11.6 Å². The number of rotatable bonds is 6. The highest BCUT2D eigenvalue weighted by atomic mass is 35.5. The van der Waals surface area contributed by atoms with E-state index in [1.165, 1.54) is 4.31 Å². The van der Waals surface area contributed by atoms with Gasteiger partial charge in [-0.1, -0.05) is 30.7 Å². The van der Waals surface area contributed by atoms with E-state index >= 15 is 0 Å². The second kappa shape index (κ2) is 8.31. The van der Waals surface area contributed by atoms with Crippen molar-refractivity contribution in [3.63, 3.8) is 0 Å². The Hall–Kier alpha value is -2.05. The van der Waals surface area contributed by atoms with Crippen LogP contribution in [-0.2, 0) is 14.8 Å². The number of benzene rings is 2. The van der Waals surface area contributed by atoms with Crippen molar-refractivity contribution >= 4 is 38.9 Å². The van der Waals surface area contributed by atoms with Crippen LogP contribution in [0.2, 0.25) is 5.02 Å². The normalized spacial score (nSPS) is 12.5. The van der Waals surface area contributed by atoms with Crippen LogP contribution < -0.4 is 9.62 Å². The molecule has 0 aliphatic heterocycles. The number of amides is 1. The van der Waals surface area contributed by atoms with Gasteiger partial charge in [-0.3, -0.25) is 9.10 Å². The number of hydrogen-bond acceptors (Lipinski definition) is 3. The zero-order valence-electron chi connectivity index (χ0n) is 16.2. The molecule has 2 rings (SSSR count). The highest BCUT2D eigenvalue weighted by Gasteiger charge is 2.31. The summed E-state index contributed by atoms with van der Waals surface area (Å²) in [5.74, 6) is -0.397. The Bertz CT molecular complexity index is 958. The van der Waals surface area contributed by atoms with E-state index in [1.54, 1.807) is 37.3 Å². The summed E-state index contributed by atoms with van der Waals surface area (Å²) in [6, 6.07) is 9.69. The van der Waals surface area contributed by atoms with Gasteiger partial charge >= 0.3 is 0 Å². The lowest BCUT2D eigenvalue weighted by atomic mass is 10.1. The highest BCUT2D eigenvalue weighted by Crippen LogP contribution is 2.26. The van der Waals surface area contributed by atoms with Crippen LogP contribution in [0.3, 0.4) is 0 Å². The Kier molecular flexibility index (Phi) is 6.54. The van der Waals surface area contributed by atoms with Crippen LogP contribution in [-0.4, -0.2) is 26.6 Å². The van der Waals surface area contributed by atoms with Gasteiger partial charge in [0.15, 0.2) is 0 Å². The van der Waals surface area contributed by atoms with E-state index in [0.717, 1.165) is 22.9 Å². The molecule has 0 spiro atoms. The van der Waals surface area contributed by atoms with Crippen molar-refractivity contribution in [3.8, 4) is 0 Å². The lowest BCUT2D eigenvalue weighted by molar-refractivity contribution is -0.117. The smallest absolute Gasteiger partial charge is 0.248 e. The standard InChI is InChI=1S/C20H25ClN2O3S/c1-6-19(20(24)22-18-12-16(21)9-7-14(18)3)23(27(5,25)26)17-10-8-13(2)15(4)11-17/h7-12,19H,6H2,1-5H3,(H,22,24). The molecule has 0 bridgehead atoms. The molecule has 0 saturated heterocycles. The molecule has 0 fully saturated rings. The fraction of sp³-hybridized carbons (Fsp3) is 0.350. The number of anilines is 2. The first-order valence-electron chi connectivity index (χ1n) is 8.68. The van der Waals surface area contributed by atoms with Gasteiger partial charge in [0.1, 0.15) is 6.04 Å². The van der Waals surface area contributed by atoms with Crippen LogP contribution in [0.4, 0.5) is 11.4 Å². The SMILES string of the molecule is CCC(C(=O)Nc1cc(Cl)ccc1C)N(c1ccc(C)c(C)c1)S(C)(=O)=O. The van der Waals surface area contributed by atoms with Gasteiger partial charge in [-0.05, 0) is 68.1 Å². The first-order valence-corrected chi connectivity index (χ1v) is 10.9. The molecule has 146 valence electrons. The molecule has 0 radical (unpaired) electrons. The van der Waals surface area contributed by atoms with Gasteiger partial charge in [0, 0.05) is 10.7 Å². The predicted molar refractivity (Wildman–Crippen MR) is 112 cm³/mol. The van der Waals surface area contributed by atoms with E-state index in [9.17, 15) is 13.2 Å². The predicted octanol–water partition coefficient (Wildman–Crippen LogP) is 4.45. The molecule has 0 saturated carbocycles. The molecule has 1 N–H and O–H groups in total. The molecule has 1 atom stereocenters. The van der Waals surface area contributed by atoms with Crippen molar-refractivity contribution < 1.29 is 13.2 Å². The van der Waals surface area contributed by atoms with Gasteiger partial charge in [0.05, 0.1) is 11.9 Å². The van der Waals surface area contributed by atoms with Crippen LogP contribution >= 0.6 is 11.6 Å². The highest BCUT2D eigenvalue weighted by molar-refractivity contribution is 7.92. The third-order valence-corrected chi connectivity index (χ3v) is 5.95. The minimum Gasteiger partial charge on any atom is -0.324 e. The summed E-state index contributed by atoms with van der Waals surface area (Å²) >= 11 is 6.02. The number of nitrogens with one attached hydrogen (secondary N) is 1. The quantitative estimate of drug-likeness (QED) is 0.767. The molecular weight excluding hydrogens is 384 g/mol. The molecule has 0 aliphatic carbocycles. The second-order valence-electron chi connectivity index (χ2n) is 6.70. The second-order valence-corrected chi connectivity index (χ2v) is 9.00. The van der Waals surface area contributed by atoms with Crippen molar-refractivity contribution in [2.24, 2.45) is 0 Å². The van der Waals surface area contributed by atoms with Gasteiger partial charge in [-0.2, -0.15) is 0 Å². The van der Waals surface area contributed by atoms with E-state index in [-0.39, 0.29) is 0 Å². The molecule has 0 heterocycles. The molecule has 27 heavy (non-hydrogen) atoms. The molecular formula is C20H25ClN2O3S. The lowest BCUT2D eigenvalue weighted by Gasteiger charge is -2.30. The Balaban J connectivity index is 2.44. The third-order valence-electron chi connectivity index (χ3n) is 4.53. The summed E-state index contributed by atoms with van der Waals surface area (Å²) in [6.45, 7) is 7.50. The zero-order chi connectivity index (χ0) is 20.4. The fourth-order valence-corrected chi connectivity index (χ4v) is 4.24. The maximum atomic E-state index is 13.0. The van der Waals surface area contributed by atoms with Gasteiger partial charge in [-0.25, -0.2) is 8.42 Å². The van der Waals surface area contributed by atoms with Crippen molar-refractivity contribution in [1.29, 1.82) is 0 Å². The number of halogens is 1. The Morgan fingerprint density at radius 1 is 1.07 bits per heavy atom. The van der Waals surface area contributed by atoms with E-state index in [0.29, 0.717) is 22.8 Å². The van der Waals surface area contributed by atoms with Crippen LogP contribution in [0.25, 0.3) is 0 Å². The minimum atomic E-state index is -3.67. The Morgan fingerprint density at radius 2 is 1.70 bits per heavy atom. The summed E-state index contributed by atoms with van der Waals surface area (Å²) in [4.78, 5) is 13.0. The molecule has 5 nitrogen and oxygen atoms in total. The number of nitrogens with zero attached hydrogens (tertiary/aromatic N) is 1. The van der Waals surface area contributed by atoms with Crippen LogP contribution in [0.1, 0.15) is 30.0 Å². The molecule has 2 aromatic carbocycles. The summed E-state index contributed by atoms with van der Waals surface area (Å²) in [5, 5.41) is 3.32. The zero-order valence-corrected chi connectivity index (χ0v) is 17.8. The number of aryl methyl sites for hydroxylation is 3. The fourth-order valence-electron chi connectivity index (χ4n) is 2.87. The molecule has 0 aliphatic rings. The first kappa shape index (κ1) is 21.3. The maximum Gasteiger partial charge on any atom is 0.248 e. The van der Waals surface area contributed by atoms with Crippen LogP contribution in [0, 0.1) is 20.8 Å². The molecule has 1 amide bonds. The van der Waals surface area contributed by atoms with Crippen molar-refractivity contribution in [2.45, 2.75) is 40.2 Å². The van der Waals surface area contributed by atoms with Crippen molar-refractivity contribution in [2.75, 3.05) is 15.9 Å². The Labute approximate surface area is 166 Å². The summed E-state index contributed by atoms with van der Waals surface area (Å²) in [6.07, 6.45) is 1.44. The van der Waals surface area contributed by atoms with E-state index in [2.05, 4.69) is 5.32 Å². The van der Waals surface area contributed by atoms with Gasteiger partial charge in [0.25, 0.3) is 0 Å². The van der Waals surface area contributed by atoms with Crippen LogP contribution in [0.5, 0.6) is 0 Å². The van der Waals surface area contributed by atoms with E-state index < -0.39 is 22.0 Å². The number of carbonyl (C=O) groups is 1. The Morgan fingerprint density at radius 3 is 2.26 bits per heavy atom. The van der Waals surface area contributed by atoms with Gasteiger partial charge in [-0.15, -0.1) is 0 Å². The summed E-state index contributed by atoms with van der Waals surface area (Å²) < 4.78 is 26.3. The summed E-state index contributed by atoms with van der Waals surface area (Å²) in [5.41, 5.74) is 3.91. The molecule has 7 heteroatoms. The largest absolute Gasteiger partial charge is 0.324 e. The average Bonchev–Trinajstić information content (AvgIpc) is 2.57. The summed E-state index contributed by atoms with van der Waals surface area (Å²) in [7, 11) is -3.67. The number of carbonyl (C=O) groups excluding carboxylic acids is 1. The van der Waals surface area contributed by atoms with Crippen LogP contribution in [0.15, 0.2) is 36.4 Å². The first-order chi connectivity index (χ1) is 12.5. The third kappa shape index (κ3) is 5.02. The maximum absolute atomic E-state index is 13.0. The van der Waals surface area contributed by atoms with Crippen molar-refractivity contribution in [1.82, 2.24) is 0 Å². The monoisotopic (exact) mass is 408 g/mol. The minimum absolute atomic E-state index is 0.325. The van der Waals surface area contributed by atoms with Gasteiger partial charge in [0.2, 0.25) is 15.9 Å². The number of sulfonamides is 1. The van der Waals surface area contributed by atoms with Gasteiger partial charge < -0.3 is 5.32 Å².